The van der Waals surface area contributed by atoms with E-state index in [1.165, 1.54) is 24.3 Å². The zero-order chi connectivity index (χ0) is 22.4. The Labute approximate surface area is 191 Å². The number of rotatable bonds is 4. The Morgan fingerprint density at radius 1 is 0.844 bits per heavy atom. The number of anilines is 2. The molecule has 1 fully saturated rings. The van der Waals surface area contributed by atoms with Gasteiger partial charge in [0.2, 0.25) is 5.91 Å². The van der Waals surface area contributed by atoms with Crippen LogP contribution in [0.5, 0.6) is 0 Å². The molecule has 0 aromatic heterocycles. The van der Waals surface area contributed by atoms with Gasteiger partial charge in [-0.25, -0.2) is 4.90 Å². The molecule has 2 aliphatic heterocycles. The third-order valence-electron chi connectivity index (χ3n) is 5.53. The summed E-state index contributed by atoms with van der Waals surface area (Å²) in [7, 11) is 0. The number of carbonyl (C=O) groups excluding carboxylic acids is 2. The summed E-state index contributed by atoms with van der Waals surface area (Å²) in [6.07, 6.45) is 0. The van der Waals surface area contributed by atoms with E-state index >= 15 is 0 Å². The van der Waals surface area contributed by atoms with E-state index in [0.717, 1.165) is 14.9 Å². The number of hydrogen-bond donors (Lipinski definition) is 0. The molecule has 1 saturated heterocycles. The SMILES string of the molecule is O=C1[C@H]2C(c3ccc(Br)cc3)=NN(c3ccccc3)[C@H]2C(=O)N1c1ccc([N+](=O)[O-])cc1. The summed E-state index contributed by atoms with van der Waals surface area (Å²) in [6, 6.07) is 21.2. The van der Waals surface area contributed by atoms with E-state index in [0.29, 0.717) is 17.1 Å². The van der Waals surface area contributed by atoms with E-state index in [1.807, 2.05) is 54.6 Å². The maximum atomic E-state index is 13.5. The zero-order valence-corrected chi connectivity index (χ0v) is 18.0. The Morgan fingerprint density at radius 3 is 2.12 bits per heavy atom. The number of amides is 2. The van der Waals surface area contributed by atoms with Gasteiger partial charge in [-0.2, -0.15) is 5.10 Å². The first kappa shape index (κ1) is 20.1. The van der Waals surface area contributed by atoms with Gasteiger partial charge in [-0.15, -0.1) is 0 Å². The van der Waals surface area contributed by atoms with Gasteiger partial charge in [0.05, 0.1) is 22.0 Å². The highest BCUT2D eigenvalue weighted by molar-refractivity contribution is 9.10. The number of nitro groups is 1. The summed E-state index contributed by atoms with van der Waals surface area (Å²) in [4.78, 5) is 38.5. The van der Waals surface area contributed by atoms with Crippen molar-refractivity contribution in [2.75, 3.05) is 9.91 Å². The van der Waals surface area contributed by atoms with Crippen LogP contribution >= 0.6 is 15.9 Å². The second-order valence-corrected chi connectivity index (χ2v) is 8.30. The van der Waals surface area contributed by atoms with Crippen molar-refractivity contribution in [3.8, 4) is 0 Å². The number of imide groups is 1. The van der Waals surface area contributed by atoms with Crippen LogP contribution in [0.25, 0.3) is 0 Å². The van der Waals surface area contributed by atoms with Gasteiger partial charge >= 0.3 is 0 Å². The van der Waals surface area contributed by atoms with Crippen molar-refractivity contribution in [1.82, 2.24) is 0 Å². The van der Waals surface area contributed by atoms with Crippen molar-refractivity contribution in [3.05, 3.63) is 99.0 Å². The van der Waals surface area contributed by atoms with E-state index in [4.69, 9.17) is 0 Å². The number of para-hydroxylation sites is 1. The van der Waals surface area contributed by atoms with Crippen LogP contribution in [0.1, 0.15) is 5.56 Å². The topological polar surface area (TPSA) is 96.1 Å². The largest absolute Gasteiger partial charge is 0.273 e. The monoisotopic (exact) mass is 490 g/mol. The van der Waals surface area contributed by atoms with Crippen LogP contribution in [0, 0.1) is 16.0 Å². The number of carbonyl (C=O) groups is 2. The van der Waals surface area contributed by atoms with Crippen LogP contribution in [0.4, 0.5) is 17.1 Å². The van der Waals surface area contributed by atoms with E-state index in [2.05, 4.69) is 21.0 Å². The number of hydrazone groups is 1. The molecule has 0 unspecified atom stereocenters. The molecule has 5 rings (SSSR count). The van der Waals surface area contributed by atoms with Gasteiger partial charge in [-0.05, 0) is 42.0 Å². The smallest absolute Gasteiger partial charge is 0.269 e. The quantitative estimate of drug-likeness (QED) is 0.311. The van der Waals surface area contributed by atoms with E-state index in [9.17, 15) is 19.7 Å². The minimum atomic E-state index is -0.835. The Hall–Kier alpha value is -3.85. The van der Waals surface area contributed by atoms with Crippen LogP contribution in [0.3, 0.4) is 0 Å². The number of halogens is 1. The van der Waals surface area contributed by atoms with E-state index in [1.54, 1.807) is 5.01 Å². The molecular formula is C23H15BrN4O4. The van der Waals surface area contributed by atoms with Crippen LogP contribution < -0.4 is 9.91 Å². The third kappa shape index (κ3) is 3.18. The normalized spacial score (nSPS) is 19.8. The van der Waals surface area contributed by atoms with Gasteiger partial charge in [-0.3, -0.25) is 24.7 Å². The molecule has 0 bridgehead atoms. The first-order chi connectivity index (χ1) is 15.5. The van der Waals surface area contributed by atoms with E-state index in [-0.39, 0.29) is 5.69 Å². The molecule has 0 spiro atoms. The van der Waals surface area contributed by atoms with E-state index < -0.39 is 28.7 Å². The fourth-order valence-corrected chi connectivity index (χ4v) is 4.31. The minimum Gasteiger partial charge on any atom is -0.273 e. The maximum absolute atomic E-state index is 13.5. The lowest BCUT2D eigenvalue weighted by molar-refractivity contribution is -0.384. The highest BCUT2D eigenvalue weighted by Gasteiger charge is 2.57. The second kappa shape index (κ2) is 7.69. The molecule has 3 aromatic carbocycles. The van der Waals surface area contributed by atoms with Crippen LogP contribution in [0.2, 0.25) is 0 Å². The summed E-state index contributed by atoms with van der Waals surface area (Å²) in [5.41, 5.74) is 2.13. The number of hydrogen-bond acceptors (Lipinski definition) is 6. The molecule has 32 heavy (non-hydrogen) atoms. The van der Waals surface area contributed by atoms with Gasteiger partial charge in [-0.1, -0.05) is 46.3 Å². The summed E-state index contributed by atoms with van der Waals surface area (Å²) >= 11 is 3.41. The summed E-state index contributed by atoms with van der Waals surface area (Å²) in [5.74, 6) is -1.62. The molecule has 0 saturated carbocycles. The van der Waals surface area contributed by atoms with Crippen molar-refractivity contribution in [3.63, 3.8) is 0 Å². The Kier molecular flexibility index (Phi) is 4.82. The average molecular weight is 491 g/mol. The zero-order valence-electron chi connectivity index (χ0n) is 16.5. The first-order valence-corrected chi connectivity index (χ1v) is 10.6. The minimum absolute atomic E-state index is 0.115. The second-order valence-electron chi connectivity index (χ2n) is 7.38. The van der Waals surface area contributed by atoms with Crippen molar-refractivity contribution in [2.24, 2.45) is 11.0 Å². The predicted octanol–water partition coefficient (Wildman–Crippen LogP) is 4.14. The fourth-order valence-electron chi connectivity index (χ4n) is 4.05. The van der Waals surface area contributed by atoms with Crippen LogP contribution in [0.15, 0.2) is 88.4 Å². The average Bonchev–Trinajstić information content (AvgIpc) is 3.32. The number of nitrogens with zero attached hydrogens (tertiary/aromatic N) is 4. The van der Waals surface area contributed by atoms with Crippen LogP contribution in [-0.4, -0.2) is 28.5 Å². The fraction of sp³-hybridized carbons (Fsp3) is 0.0870. The molecule has 0 aliphatic carbocycles. The Morgan fingerprint density at radius 2 is 1.50 bits per heavy atom. The van der Waals surface area contributed by atoms with Crippen LogP contribution in [-0.2, 0) is 9.59 Å². The van der Waals surface area contributed by atoms with Crippen molar-refractivity contribution < 1.29 is 14.5 Å². The standard InChI is InChI=1S/C23H15BrN4O4/c24-15-8-6-14(7-9-15)20-19-21(27(25-20)17-4-2-1-3-5-17)23(30)26(22(19)29)16-10-12-18(13-11-16)28(31)32/h1-13,19,21H/t19-,21+/m0/s1. The maximum Gasteiger partial charge on any atom is 0.269 e. The summed E-state index contributed by atoms with van der Waals surface area (Å²) in [5, 5.41) is 17.3. The number of non-ortho nitro benzene ring substituents is 1. The number of fused-ring (bicyclic) bond motifs is 1. The van der Waals surface area contributed by atoms with Gasteiger partial charge in [0.15, 0.2) is 0 Å². The van der Waals surface area contributed by atoms with Crippen molar-refractivity contribution in [1.29, 1.82) is 0 Å². The van der Waals surface area contributed by atoms with Crippen molar-refractivity contribution >= 4 is 50.5 Å². The summed E-state index contributed by atoms with van der Waals surface area (Å²) < 4.78 is 0.887. The Balaban J connectivity index is 1.59. The van der Waals surface area contributed by atoms with Crippen molar-refractivity contribution in [2.45, 2.75) is 6.04 Å². The Bertz CT molecular complexity index is 1260. The molecule has 3 aromatic rings. The molecule has 2 amide bonds. The van der Waals surface area contributed by atoms with Gasteiger partial charge in [0, 0.05) is 16.6 Å². The van der Waals surface area contributed by atoms with Gasteiger partial charge < -0.3 is 0 Å². The third-order valence-corrected chi connectivity index (χ3v) is 6.06. The van der Waals surface area contributed by atoms with Gasteiger partial charge in [0.1, 0.15) is 12.0 Å². The molecule has 0 N–H and O–H groups in total. The molecule has 0 radical (unpaired) electrons. The molecule has 2 aliphatic rings. The lowest BCUT2D eigenvalue weighted by atomic mass is 9.93. The molecule has 158 valence electrons. The first-order valence-electron chi connectivity index (χ1n) is 9.76. The summed E-state index contributed by atoms with van der Waals surface area (Å²) in [6.45, 7) is 0. The highest BCUT2D eigenvalue weighted by atomic mass is 79.9. The molecule has 9 heteroatoms. The lowest BCUT2D eigenvalue weighted by Crippen LogP contribution is -2.39. The molecule has 8 nitrogen and oxygen atoms in total. The van der Waals surface area contributed by atoms with Gasteiger partial charge in [0.25, 0.3) is 11.6 Å². The molecular weight excluding hydrogens is 476 g/mol. The molecule has 2 atom stereocenters. The highest BCUT2D eigenvalue weighted by Crippen LogP contribution is 2.39. The lowest BCUT2D eigenvalue weighted by Gasteiger charge is -2.22. The predicted molar refractivity (Wildman–Crippen MR) is 122 cm³/mol. The number of benzene rings is 3. The number of nitro benzene ring substituents is 1. The molecule has 2 heterocycles.